The maximum atomic E-state index is 6.13. The maximum Gasteiger partial charge on any atom is 0.0851 e. The molecule has 1 aliphatic rings. The Morgan fingerprint density at radius 3 is 2.44 bits per heavy atom. The van der Waals surface area contributed by atoms with Crippen LogP contribution in [-0.2, 0) is 0 Å². The SMILES string of the molecule is [NH3+]C[C@H]1c2ccccc2C=Cc2ccc(Cl)cc21. The molecule has 1 atom stereocenters. The molecule has 0 fully saturated rings. The lowest BCUT2D eigenvalue weighted by molar-refractivity contribution is -0.370. The maximum absolute atomic E-state index is 6.13. The van der Waals surface area contributed by atoms with Crippen molar-refractivity contribution in [2.75, 3.05) is 6.54 Å². The summed E-state index contributed by atoms with van der Waals surface area (Å²) in [5, 5.41) is 0.792. The molecule has 3 N–H and O–H groups in total. The standard InChI is InChI=1S/C16H14ClN/c17-13-8-7-12-6-5-11-3-1-2-4-14(11)16(10-18)15(12)9-13/h1-9,16H,10,18H2/p+1/t16-/m0/s1. The average molecular weight is 257 g/mol. The van der Waals surface area contributed by atoms with Gasteiger partial charge in [0.05, 0.1) is 12.5 Å². The number of rotatable bonds is 1. The highest BCUT2D eigenvalue weighted by atomic mass is 35.5. The van der Waals surface area contributed by atoms with Crippen molar-refractivity contribution < 1.29 is 5.73 Å². The number of halogens is 1. The first-order chi connectivity index (χ1) is 8.79. The van der Waals surface area contributed by atoms with Crippen LogP contribution in [-0.4, -0.2) is 6.54 Å². The van der Waals surface area contributed by atoms with E-state index in [2.05, 4.69) is 54.3 Å². The molecule has 1 aliphatic carbocycles. The molecule has 3 rings (SSSR count). The second-order valence-electron chi connectivity index (χ2n) is 4.58. The first-order valence-electron chi connectivity index (χ1n) is 6.15. The van der Waals surface area contributed by atoms with Gasteiger partial charge in [-0.3, -0.25) is 0 Å². The smallest absolute Gasteiger partial charge is 0.0851 e. The van der Waals surface area contributed by atoms with E-state index in [1.165, 1.54) is 22.3 Å². The van der Waals surface area contributed by atoms with Gasteiger partial charge < -0.3 is 5.73 Å². The molecule has 2 heteroatoms. The Hall–Kier alpha value is -1.57. The molecule has 1 nitrogen and oxygen atoms in total. The lowest BCUT2D eigenvalue weighted by Gasteiger charge is -2.16. The second-order valence-corrected chi connectivity index (χ2v) is 5.01. The number of hydrogen-bond donors (Lipinski definition) is 1. The van der Waals surface area contributed by atoms with Crippen LogP contribution in [0.3, 0.4) is 0 Å². The molecule has 0 saturated carbocycles. The first kappa shape index (κ1) is 11.5. The van der Waals surface area contributed by atoms with E-state index < -0.39 is 0 Å². The van der Waals surface area contributed by atoms with Gasteiger partial charge in [0.2, 0.25) is 0 Å². The highest BCUT2D eigenvalue weighted by Gasteiger charge is 2.21. The fraction of sp³-hybridized carbons (Fsp3) is 0.125. The van der Waals surface area contributed by atoms with Crippen molar-refractivity contribution in [1.29, 1.82) is 0 Å². The minimum Gasteiger partial charge on any atom is -0.357 e. The predicted octanol–water partition coefficient (Wildman–Crippen LogP) is 3.20. The molecule has 0 radical (unpaired) electrons. The van der Waals surface area contributed by atoms with Crippen molar-refractivity contribution in [3.8, 4) is 0 Å². The van der Waals surface area contributed by atoms with Gasteiger partial charge in [0.25, 0.3) is 0 Å². The Morgan fingerprint density at radius 2 is 1.67 bits per heavy atom. The topological polar surface area (TPSA) is 27.6 Å². The van der Waals surface area contributed by atoms with Crippen molar-refractivity contribution in [2.45, 2.75) is 5.92 Å². The van der Waals surface area contributed by atoms with Gasteiger partial charge in [-0.15, -0.1) is 0 Å². The van der Waals surface area contributed by atoms with Crippen LogP contribution in [0.15, 0.2) is 42.5 Å². The summed E-state index contributed by atoms with van der Waals surface area (Å²) in [6.45, 7) is 0.839. The summed E-state index contributed by atoms with van der Waals surface area (Å²) in [4.78, 5) is 0. The van der Waals surface area contributed by atoms with E-state index in [4.69, 9.17) is 11.6 Å². The third-order valence-corrected chi connectivity index (χ3v) is 3.76. The summed E-state index contributed by atoms with van der Waals surface area (Å²) in [7, 11) is 0. The number of fused-ring (bicyclic) bond motifs is 2. The number of benzene rings is 2. The third-order valence-electron chi connectivity index (χ3n) is 3.53. The second kappa shape index (κ2) is 4.60. The zero-order valence-corrected chi connectivity index (χ0v) is 10.8. The monoisotopic (exact) mass is 256 g/mol. The van der Waals surface area contributed by atoms with Gasteiger partial charge >= 0.3 is 0 Å². The molecule has 2 aromatic carbocycles. The molecule has 0 amide bonds. The van der Waals surface area contributed by atoms with Crippen LogP contribution in [0.1, 0.15) is 28.2 Å². The molecule has 0 spiro atoms. The normalized spacial score (nSPS) is 16.9. The summed E-state index contributed by atoms with van der Waals surface area (Å²) in [5.74, 6) is 0.324. The van der Waals surface area contributed by atoms with Crippen LogP contribution in [0.2, 0.25) is 5.02 Å². The Bertz CT molecular complexity index is 616. The Kier molecular flexibility index (Phi) is 2.94. The van der Waals surface area contributed by atoms with Gasteiger partial charge in [0, 0.05) is 5.02 Å². The Balaban J connectivity index is 2.26. The van der Waals surface area contributed by atoms with Crippen molar-refractivity contribution in [2.24, 2.45) is 0 Å². The van der Waals surface area contributed by atoms with E-state index in [0.29, 0.717) is 5.92 Å². The fourth-order valence-corrected chi connectivity index (χ4v) is 2.82. The quantitative estimate of drug-likeness (QED) is 0.812. The van der Waals surface area contributed by atoms with Crippen LogP contribution in [0, 0.1) is 0 Å². The zero-order chi connectivity index (χ0) is 12.5. The molecule has 0 aliphatic heterocycles. The van der Waals surface area contributed by atoms with Crippen molar-refractivity contribution in [3.63, 3.8) is 0 Å². The number of quaternary nitrogens is 1. The third kappa shape index (κ3) is 1.86. The first-order valence-corrected chi connectivity index (χ1v) is 6.53. The van der Waals surface area contributed by atoms with E-state index in [9.17, 15) is 0 Å². The highest BCUT2D eigenvalue weighted by molar-refractivity contribution is 6.30. The minimum absolute atomic E-state index is 0.324. The molecule has 0 saturated heterocycles. The lowest BCUT2D eigenvalue weighted by Crippen LogP contribution is -2.53. The molecule has 0 bridgehead atoms. The largest absolute Gasteiger partial charge is 0.357 e. The van der Waals surface area contributed by atoms with Gasteiger partial charge in [0.15, 0.2) is 0 Å². The van der Waals surface area contributed by atoms with Crippen molar-refractivity contribution in [3.05, 3.63) is 69.7 Å². The summed E-state index contributed by atoms with van der Waals surface area (Å²) in [5.41, 5.74) is 9.24. The lowest BCUT2D eigenvalue weighted by atomic mass is 9.88. The van der Waals surface area contributed by atoms with E-state index in [0.717, 1.165) is 11.6 Å². The summed E-state index contributed by atoms with van der Waals surface area (Å²) in [6.07, 6.45) is 4.35. The van der Waals surface area contributed by atoms with Crippen LogP contribution >= 0.6 is 11.6 Å². The van der Waals surface area contributed by atoms with Crippen LogP contribution in [0.4, 0.5) is 0 Å². The van der Waals surface area contributed by atoms with Crippen LogP contribution in [0.5, 0.6) is 0 Å². The van der Waals surface area contributed by atoms with Crippen molar-refractivity contribution >= 4 is 23.8 Å². The molecule has 0 heterocycles. The Morgan fingerprint density at radius 1 is 0.944 bits per heavy atom. The molecular weight excluding hydrogens is 242 g/mol. The predicted molar refractivity (Wildman–Crippen MR) is 76.4 cm³/mol. The van der Waals surface area contributed by atoms with Crippen molar-refractivity contribution in [1.82, 2.24) is 0 Å². The highest BCUT2D eigenvalue weighted by Crippen LogP contribution is 2.34. The van der Waals surface area contributed by atoms with E-state index >= 15 is 0 Å². The van der Waals surface area contributed by atoms with E-state index in [1.54, 1.807) is 0 Å². The summed E-state index contributed by atoms with van der Waals surface area (Å²) < 4.78 is 0. The average Bonchev–Trinajstić information content (AvgIpc) is 2.54. The van der Waals surface area contributed by atoms with Crippen LogP contribution in [0.25, 0.3) is 12.2 Å². The Labute approximate surface area is 112 Å². The minimum atomic E-state index is 0.324. The van der Waals surface area contributed by atoms with E-state index in [-0.39, 0.29) is 0 Å². The molecule has 90 valence electrons. The molecule has 2 aromatic rings. The van der Waals surface area contributed by atoms with Gasteiger partial charge in [-0.1, -0.05) is 54.1 Å². The van der Waals surface area contributed by atoms with Gasteiger partial charge in [-0.05, 0) is 34.4 Å². The molecule has 0 aromatic heterocycles. The van der Waals surface area contributed by atoms with Gasteiger partial charge in [0.1, 0.15) is 0 Å². The fourth-order valence-electron chi connectivity index (χ4n) is 2.64. The molecule has 18 heavy (non-hydrogen) atoms. The molecule has 0 unspecified atom stereocenters. The molecular formula is C16H15ClN+. The van der Waals surface area contributed by atoms with Crippen LogP contribution < -0.4 is 5.73 Å². The van der Waals surface area contributed by atoms with E-state index in [1.807, 2.05) is 6.07 Å². The zero-order valence-electron chi connectivity index (χ0n) is 10.1. The van der Waals surface area contributed by atoms with Gasteiger partial charge in [-0.2, -0.15) is 0 Å². The summed E-state index contributed by atoms with van der Waals surface area (Å²) in [6, 6.07) is 14.6. The summed E-state index contributed by atoms with van der Waals surface area (Å²) >= 11 is 6.13. The number of hydrogen-bond acceptors (Lipinski definition) is 0. The van der Waals surface area contributed by atoms with Gasteiger partial charge in [-0.25, -0.2) is 0 Å².